The van der Waals surface area contributed by atoms with Crippen molar-refractivity contribution in [2.45, 2.75) is 13.8 Å². The molecule has 0 heterocycles. The second-order valence-corrected chi connectivity index (χ2v) is 5.55. The largest absolute Gasteiger partial charge is 0.484 e. The summed E-state index contributed by atoms with van der Waals surface area (Å²) >= 11 is 0. The molecular weight excluding hydrogens is 316 g/mol. The minimum absolute atomic E-state index is 0.0111. The fourth-order valence-electron chi connectivity index (χ4n) is 2.32. The molecule has 0 bridgehead atoms. The first kappa shape index (κ1) is 18.8. The lowest BCUT2D eigenvalue weighted by molar-refractivity contribution is -0.123. The van der Waals surface area contributed by atoms with Crippen molar-refractivity contribution in [3.8, 4) is 17.2 Å². The van der Waals surface area contributed by atoms with Crippen molar-refractivity contribution in [1.29, 1.82) is 0 Å². The zero-order valence-electron chi connectivity index (χ0n) is 14.9. The summed E-state index contributed by atoms with van der Waals surface area (Å²) in [5.41, 5.74) is 0. The van der Waals surface area contributed by atoms with Gasteiger partial charge in [-0.15, -0.1) is 0 Å². The van der Waals surface area contributed by atoms with Crippen LogP contribution in [0.15, 0.2) is 54.6 Å². The maximum atomic E-state index is 11.8. The van der Waals surface area contributed by atoms with Gasteiger partial charge in [0.05, 0.1) is 0 Å². The molecule has 1 N–H and O–H groups in total. The molecule has 0 aliphatic rings. The number of hydrogen-bond donors (Lipinski definition) is 1. The maximum Gasteiger partial charge on any atom is 0.257 e. The Hall–Kier alpha value is -2.53. The standard InChI is InChI=1S/C20H26N2O3/c1-3-22(4-2)15-14-21-20(23)16-24-17-10-12-19(13-11-17)25-18-8-6-5-7-9-18/h5-13H,3-4,14-16H2,1-2H3,(H,21,23). The van der Waals surface area contributed by atoms with Gasteiger partial charge < -0.3 is 19.7 Å². The van der Waals surface area contributed by atoms with Gasteiger partial charge in [-0.2, -0.15) is 0 Å². The summed E-state index contributed by atoms with van der Waals surface area (Å²) < 4.78 is 11.2. The predicted molar refractivity (Wildman–Crippen MR) is 99.3 cm³/mol. The van der Waals surface area contributed by atoms with E-state index in [-0.39, 0.29) is 12.5 Å². The lowest BCUT2D eigenvalue weighted by atomic mass is 10.3. The molecule has 1 amide bonds. The quantitative estimate of drug-likeness (QED) is 0.720. The van der Waals surface area contributed by atoms with Crippen LogP contribution in [-0.2, 0) is 4.79 Å². The van der Waals surface area contributed by atoms with E-state index >= 15 is 0 Å². The number of para-hydroxylation sites is 1. The molecule has 0 aliphatic heterocycles. The van der Waals surface area contributed by atoms with Crippen LogP contribution in [0.3, 0.4) is 0 Å². The minimum atomic E-state index is -0.114. The fourth-order valence-corrected chi connectivity index (χ4v) is 2.32. The van der Waals surface area contributed by atoms with Gasteiger partial charge in [-0.3, -0.25) is 4.79 Å². The van der Waals surface area contributed by atoms with Crippen molar-refractivity contribution in [2.75, 3.05) is 32.8 Å². The molecule has 2 aromatic rings. The van der Waals surface area contributed by atoms with Gasteiger partial charge in [-0.05, 0) is 49.5 Å². The fraction of sp³-hybridized carbons (Fsp3) is 0.350. The van der Waals surface area contributed by atoms with Crippen LogP contribution in [0.1, 0.15) is 13.8 Å². The molecule has 25 heavy (non-hydrogen) atoms. The van der Waals surface area contributed by atoms with Crippen LogP contribution in [0.2, 0.25) is 0 Å². The van der Waals surface area contributed by atoms with E-state index in [1.165, 1.54) is 0 Å². The zero-order valence-corrected chi connectivity index (χ0v) is 14.9. The third-order valence-corrected chi connectivity index (χ3v) is 3.82. The van der Waals surface area contributed by atoms with Gasteiger partial charge >= 0.3 is 0 Å². The molecule has 0 atom stereocenters. The van der Waals surface area contributed by atoms with Gasteiger partial charge in [0.15, 0.2) is 6.61 Å². The summed E-state index contributed by atoms with van der Waals surface area (Å²) in [4.78, 5) is 14.1. The number of amides is 1. The lowest BCUT2D eigenvalue weighted by Gasteiger charge is -2.18. The average molecular weight is 342 g/mol. The molecule has 0 radical (unpaired) electrons. The number of likely N-dealkylation sites (N-methyl/N-ethyl adjacent to an activating group) is 1. The van der Waals surface area contributed by atoms with Crippen molar-refractivity contribution in [1.82, 2.24) is 10.2 Å². The first-order chi connectivity index (χ1) is 12.2. The molecule has 134 valence electrons. The number of rotatable bonds is 10. The summed E-state index contributed by atoms with van der Waals surface area (Å²) in [6, 6.07) is 16.8. The van der Waals surface area contributed by atoms with Crippen molar-refractivity contribution >= 4 is 5.91 Å². The Morgan fingerprint density at radius 1 is 0.920 bits per heavy atom. The summed E-state index contributed by atoms with van der Waals surface area (Å²) in [5.74, 6) is 2.03. The van der Waals surface area contributed by atoms with E-state index in [0.717, 1.165) is 31.1 Å². The van der Waals surface area contributed by atoms with E-state index in [1.807, 2.05) is 42.5 Å². The monoisotopic (exact) mass is 342 g/mol. The second-order valence-electron chi connectivity index (χ2n) is 5.55. The number of hydrogen-bond acceptors (Lipinski definition) is 4. The maximum absolute atomic E-state index is 11.8. The number of nitrogens with one attached hydrogen (secondary N) is 1. The Labute approximate surface area is 149 Å². The summed E-state index contributed by atoms with van der Waals surface area (Å²) in [7, 11) is 0. The zero-order chi connectivity index (χ0) is 17.9. The van der Waals surface area contributed by atoms with Crippen molar-refractivity contribution in [2.24, 2.45) is 0 Å². The summed E-state index contributed by atoms with van der Waals surface area (Å²) in [6.45, 7) is 7.69. The van der Waals surface area contributed by atoms with Crippen molar-refractivity contribution in [3.05, 3.63) is 54.6 Å². The number of benzene rings is 2. The van der Waals surface area contributed by atoms with Crippen LogP contribution in [-0.4, -0.2) is 43.6 Å². The Balaban J connectivity index is 1.71. The number of carbonyl (C=O) groups excluding carboxylic acids is 1. The number of carbonyl (C=O) groups is 1. The van der Waals surface area contributed by atoms with E-state index in [9.17, 15) is 4.79 Å². The van der Waals surface area contributed by atoms with Crippen LogP contribution in [0.4, 0.5) is 0 Å². The highest BCUT2D eigenvalue weighted by atomic mass is 16.5. The topological polar surface area (TPSA) is 50.8 Å². The lowest BCUT2D eigenvalue weighted by Crippen LogP contribution is -2.36. The molecule has 0 aliphatic carbocycles. The highest BCUT2D eigenvalue weighted by Crippen LogP contribution is 2.23. The van der Waals surface area contributed by atoms with Crippen molar-refractivity contribution < 1.29 is 14.3 Å². The average Bonchev–Trinajstić information content (AvgIpc) is 2.65. The molecule has 0 unspecified atom stereocenters. The van der Waals surface area contributed by atoms with E-state index < -0.39 is 0 Å². The normalized spacial score (nSPS) is 10.5. The Bertz CT molecular complexity index is 625. The molecular formula is C20H26N2O3. The summed E-state index contributed by atoms with van der Waals surface area (Å²) in [6.07, 6.45) is 0. The van der Waals surface area contributed by atoms with Crippen LogP contribution in [0, 0.1) is 0 Å². The molecule has 0 saturated carbocycles. The van der Waals surface area contributed by atoms with Gasteiger partial charge in [0.25, 0.3) is 5.91 Å². The van der Waals surface area contributed by atoms with Crippen LogP contribution in [0.25, 0.3) is 0 Å². The van der Waals surface area contributed by atoms with Gasteiger partial charge in [-0.1, -0.05) is 32.0 Å². The first-order valence-corrected chi connectivity index (χ1v) is 8.66. The summed E-state index contributed by atoms with van der Waals surface area (Å²) in [5, 5.41) is 2.87. The molecule has 0 fully saturated rings. The first-order valence-electron chi connectivity index (χ1n) is 8.66. The van der Waals surface area contributed by atoms with E-state index in [1.54, 1.807) is 12.1 Å². The van der Waals surface area contributed by atoms with E-state index in [4.69, 9.17) is 9.47 Å². The highest BCUT2D eigenvalue weighted by Gasteiger charge is 2.04. The smallest absolute Gasteiger partial charge is 0.257 e. The second kappa shape index (κ2) is 10.4. The van der Waals surface area contributed by atoms with Gasteiger partial charge in [0.2, 0.25) is 0 Å². The van der Waals surface area contributed by atoms with E-state index in [0.29, 0.717) is 12.3 Å². The molecule has 5 nitrogen and oxygen atoms in total. The van der Waals surface area contributed by atoms with Gasteiger partial charge in [0.1, 0.15) is 17.2 Å². The number of nitrogens with zero attached hydrogens (tertiary/aromatic N) is 1. The van der Waals surface area contributed by atoms with Gasteiger partial charge in [0, 0.05) is 13.1 Å². The third kappa shape index (κ3) is 6.85. The Morgan fingerprint density at radius 2 is 1.52 bits per heavy atom. The molecule has 2 rings (SSSR count). The van der Waals surface area contributed by atoms with E-state index in [2.05, 4.69) is 24.1 Å². The minimum Gasteiger partial charge on any atom is -0.484 e. The van der Waals surface area contributed by atoms with Crippen molar-refractivity contribution in [3.63, 3.8) is 0 Å². The van der Waals surface area contributed by atoms with Crippen LogP contribution in [0.5, 0.6) is 17.2 Å². The Kier molecular flexibility index (Phi) is 7.79. The van der Waals surface area contributed by atoms with Crippen LogP contribution >= 0.6 is 0 Å². The molecule has 2 aromatic carbocycles. The predicted octanol–water partition coefficient (Wildman–Crippen LogP) is 3.32. The van der Waals surface area contributed by atoms with Crippen LogP contribution < -0.4 is 14.8 Å². The number of ether oxygens (including phenoxy) is 2. The van der Waals surface area contributed by atoms with Gasteiger partial charge in [-0.25, -0.2) is 0 Å². The molecule has 5 heteroatoms. The molecule has 0 saturated heterocycles. The molecule has 0 spiro atoms. The molecule has 0 aromatic heterocycles. The SMILES string of the molecule is CCN(CC)CCNC(=O)COc1ccc(Oc2ccccc2)cc1. The highest BCUT2D eigenvalue weighted by molar-refractivity contribution is 5.77. The Morgan fingerprint density at radius 3 is 2.16 bits per heavy atom. The third-order valence-electron chi connectivity index (χ3n) is 3.82.